The zero-order chi connectivity index (χ0) is 38.5. The van der Waals surface area contributed by atoms with Crippen molar-refractivity contribution in [2.45, 2.75) is 50.7 Å². The Morgan fingerprint density at radius 3 is 2.45 bits per heavy atom. The number of amides is 2. The van der Waals surface area contributed by atoms with Crippen LogP contribution in [0.2, 0.25) is 0 Å². The fraction of sp³-hybridized carbons (Fsp3) is 0.423. The lowest BCUT2D eigenvalue weighted by Crippen LogP contribution is -2.76. The van der Waals surface area contributed by atoms with Crippen molar-refractivity contribution in [3.8, 4) is 5.75 Å². The largest absolute Gasteiger partial charge is 0.542 e. The van der Waals surface area contributed by atoms with Crippen LogP contribution in [-0.2, 0) is 52.3 Å². The summed E-state index contributed by atoms with van der Waals surface area (Å²) in [4.78, 5) is 55.6. The summed E-state index contributed by atoms with van der Waals surface area (Å²) in [5, 5.41) is 27.3. The number of hydrogen-bond donors (Lipinski definition) is 5. The van der Waals surface area contributed by atoms with E-state index in [1.165, 1.54) is 19.2 Å². The lowest BCUT2D eigenvalue weighted by Gasteiger charge is -2.50. The zero-order valence-electron chi connectivity index (χ0n) is 26.7. The second kappa shape index (κ2) is 15.8. The Kier molecular flexibility index (Phi) is 12.5. The van der Waals surface area contributed by atoms with Crippen molar-refractivity contribution in [3.05, 3.63) is 35.5 Å². The summed E-state index contributed by atoms with van der Waals surface area (Å²) in [6.07, 6.45) is -4.19. The van der Waals surface area contributed by atoms with Gasteiger partial charge in [-0.1, -0.05) is 5.16 Å². The first-order chi connectivity index (χ1) is 23.6. The van der Waals surface area contributed by atoms with Gasteiger partial charge in [-0.25, -0.2) is 9.78 Å². The monoisotopic (exact) mass is 768 g/mol. The van der Waals surface area contributed by atoms with E-state index < -0.39 is 70.3 Å². The van der Waals surface area contributed by atoms with Crippen LogP contribution in [0, 0.1) is 0 Å². The molecule has 0 bridgehead atoms. The molecule has 20 nitrogen and oxygen atoms in total. The number of carboxylic acids is 2. The number of benzene rings is 1. The number of carboxylic acid groups (broad SMARTS) is 2. The average molecular weight is 769 g/mol. The van der Waals surface area contributed by atoms with E-state index in [0.717, 1.165) is 28.7 Å². The van der Waals surface area contributed by atoms with Gasteiger partial charge in [0.15, 0.2) is 17.9 Å². The fourth-order valence-corrected chi connectivity index (χ4v) is 5.38. The topological polar surface area (TPSA) is 295 Å². The first-order valence-electron chi connectivity index (χ1n) is 14.2. The van der Waals surface area contributed by atoms with Gasteiger partial charge < -0.3 is 41.4 Å². The van der Waals surface area contributed by atoms with Gasteiger partial charge in [-0.15, -0.1) is 20.3 Å². The van der Waals surface area contributed by atoms with Gasteiger partial charge in [0.25, 0.3) is 17.9 Å². The number of nitrogens with two attached hydrogens (primary N) is 2. The molecule has 1 aliphatic rings. The maximum atomic E-state index is 13.2. The number of carbonyl (C=O) groups is 4. The van der Waals surface area contributed by atoms with E-state index in [0.29, 0.717) is 23.9 Å². The summed E-state index contributed by atoms with van der Waals surface area (Å²) < 4.78 is 76.5. The first kappa shape index (κ1) is 40.3. The molecule has 51 heavy (non-hydrogen) atoms. The third-order valence-corrected chi connectivity index (χ3v) is 7.85. The van der Waals surface area contributed by atoms with Crippen molar-refractivity contribution in [3.63, 3.8) is 0 Å². The van der Waals surface area contributed by atoms with Crippen molar-refractivity contribution in [1.29, 1.82) is 0 Å². The van der Waals surface area contributed by atoms with Crippen LogP contribution in [0.5, 0.6) is 5.75 Å². The minimum Gasteiger partial charge on any atom is -0.542 e. The van der Waals surface area contributed by atoms with Gasteiger partial charge in [-0.2, -0.15) is 31.3 Å². The van der Waals surface area contributed by atoms with Crippen LogP contribution in [0.15, 0.2) is 34.9 Å². The number of alkyl halides is 3. The maximum absolute atomic E-state index is 13.2. The fourth-order valence-electron chi connectivity index (χ4n) is 4.38. The predicted molar refractivity (Wildman–Crippen MR) is 164 cm³/mol. The maximum Gasteiger partial charge on any atom is 0.430 e. The summed E-state index contributed by atoms with van der Waals surface area (Å²) in [7, 11) is -3.12. The van der Waals surface area contributed by atoms with E-state index in [4.69, 9.17) is 35.5 Å². The Labute approximate surface area is 289 Å². The van der Waals surface area contributed by atoms with E-state index in [-0.39, 0.29) is 10.8 Å². The number of hydrogen-bond acceptors (Lipinski definition) is 15. The lowest BCUT2D eigenvalue weighted by molar-refractivity contribution is -0.751. The second-order valence-electron chi connectivity index (χ2n) is 10.9. The van der Waals surface area contributed by atoms with Gasteiger partial charge in [0.1, 0.15) is 35.6 Å². The smallest absolute Gasteiger partial charge is 0.430 e. The number of nitrogens with one attached hydrogen (secondary N) is 1. The predicted octanol–water partition coefficient (Wildman–Crippen LogP) is -1.76. The average Bonchev–Trinajstić information content (AvgIpc) is 3.59. The molecule has 0 aliphatic carbocycles. The van der Waals surface area contributed by atoms with Crippen molar-refractivity contribution < 1.29 is 74.1 Å². The highest BCUT2D eigenvalue weighted by atomic mass is 32.3. The quantitative estimate of drug-likeness (QED) is 0.0399. The van der Waals surface area contributed by atoms with Crippen LogP contribution in [0.4, 0.5) is 18.3 Å². The number of aromatic nitrogens is 3. The summed E-state index contributed by atoms with van der Waals surface area (Å²) in [6.45, 7) is 3.49. The van der Waals surface area contributed by atoms with Crippen molar-refractivity contribution in [2.24, 2.45) is 17.9 Å². The molecular weight excluding hydrogens is 737 g/mol. The summed E-state index contributed by atoms with van der Waals surface area (Å²) in [5.41, 5.74) is 10.2. The van der Waals surface area contributed by atoms with Crippen molar-refractivity contribution >= 4 is 67.2 Å². The van der Waals surface area contributed by atoms with Crippen LogP contribution < -0.4 is 31.3 Å². The molecule has 0 radical (unpaired) electrons. The minimum atomic E-state index is -5.19. The molecule has 7 N–H and O–H groups in total. The Morgan fingerprint density at radius 1 is 1.29 bits per heavy atom. The summed E-state index contributed by atoms with van der Waals surface area (Å²) in [6, 6.07) is 3.92. The Bertz CT molecular complexity index is 1930. The molecule has 1 aromatic carbocycles. The second-order valence-corrected chi connectivity index (χ2v) is 12.8. The molecule has 1 saturated heterocycles. The molecule has 2 atom stereocenters. The molecule has 280 valence electrons. The zero-order valence-corrected chi connectivity index (χ0v) is 28.3. The highest BCUT2D eigenvalue weighted by molar-refractivity contribution is 7.80. The number of rotatable bonds is 14. The number of halogens is 3. The minimum absolute atomic E-state index is 0.0621. The molecular formula is C26H31F3N8O12S2. The number of hydroxylamine groups is 2. The number of aliphatic carboxylic acids is 2. The van der Waals surface area contributed by atoms with Crippen LogP contribution in [0.1, 0.15) is 26.0 Å². The molecule has 1 fully saturated rings. The SMILES string of the molecule is C[n+]1cc2cc(OCC(ON=C(C(=O)NC3C(=O)N(OS(=O)(=O)O)C3(C)C)c3csc(N)n3)C(=O)O)ccc2n1CCCN.O=C([O-])C(F)(F)F. The molecule has 3 heterocycles. The number of β-lactam (4-membered cyclic amide) rings is 1. The van der Waals surface area contributed by atoms with E-state index in [1.807, 2.05) is 28.7 Å². The third kappa shape index (κ3) is 10.2. The summed E-state index contributed by atoms with van der Waals surface area (Å²) >= 11 is 0.962. The van der Waals surface area contributed by atoms with Crippen molar-refractivity contribution in [1.82, 2.24) is 20.0 Å². The van der Waals surface area contributed by atoms with Gasteiger partial charge in [0, 0.05) is 5.38 Å². The molecule has 2 amide bonds. The summed E-state index contributed by atoms with van der Waals surface area (Å²) in [5.74, 6) is -6.10. The van der Waals surface area contributed by atoms with E-state index in [1.54, 1.807) is 12.1 Å². The normalized spacial score (nSPS) is 16.5. The highest BCUT2D eigenvalue weighted by Gasteiger charge is 2.58. The Balaban J connectivity index is 0.000000908. The van der Waals surface area contributed by atoms with E-state index >= 15 is 0 Å². The highest BCUT2D eigenvalue weighted by Crippen LogP contribution is 2.33. The van der Waals surface area contributed by atoms with Gasteiger partial charge in [0.05, 0.1) is 17.5 Å². The third-order valence-electron chi connectivity index (χ3n) is 6.84. The number of thiazole rings is 1. The van der Waals surface area contributed by atoms with Gasteiger partial charge in [0.2, 0.25) is 6.20 Å². The molecule has 2 unspecified atom stereocenters. The molecule has 0 saturated carbocycles. The van der Waals surface area contributed by atoms with Gasteiger partial charge in [-0.3, -0.25) is 14.1 Å². The Morgan fingerprint density at radius 2 is 1.94 bits per heavy atom. The van der Waals surface area contributed by atoms with Crippen LogP contribution >= 0.6 is 11.3 Å². The number of oxime groups is 1. The Hall–Kier alpha value is -5.11. The van der Waals surface area contributed by atoms with Crippen LogP contribution in [-0.4, -0.2) is 99.3 Å². The molecule has 2 aromatic heterocycles. The number of anilines is 1. The van der Waals surface area contributed by atoms with Crippen LogP contribution in [0.3, 0.4) is 0 Å². The molecule has 25 heteroatoms. The number of nitrogen functional groups attached to an aromatic ring is 1. The molecule has 0 spiro atoms. The molecule has 4 rings (SSSR count). The number of aryl methyl sites for hydroxylation is 2. The number of ether oxygens (including phenoxy) is 1. The van der Waals surface area contributed by atoms with Crippen molar-refractivity contribution in [2.75, 3.05) is 18.9 Å². The number of fused-ring (bicyclic) bond motifs is 1. The standard InChI is InChI=1S/C24H30N8O10S2.C2HF3O2/c1-24(2)19(21(34)32(24)42-44(37,38)39)28-20(33)18(15-12-43-23(26)27-15)29-41-17(22(35)36)11-40-14-5-6-16-13(9-14)10-30(3)31(16)8-4-7-25;3-2(4,5)1(6)7/h5-6,9-10,12,17,19H,4,7-8,11,25H2,1-3H3,(H4-,26,27,28,33,35,36,37,38,39);(H,6,7). The van der Waals surface area contributed by atoms with Crippen LogP contribution in [0.25, 0.3) is 10.9 Å². The van der Waals surface area contributed by atoms with E-state index in [2.05, 4.69) is 19.7 Å². The van der Waals surface area contributed by atoms with E-state index in [9.17, 15) is 41.1 Å². The molecule has 3 aromatic rings. The lowest BCUT2D eigenvalue weighted by atomic mass is 9.84. The van der Waals surface area contributed by atoms with Gasteiger partial charge in [-0.05, 0) is 45.0 Å². The molecule has 1 aliphatic heterocycles. The number of nitrogens with zero attached hydrogens (tertiary/aromatic N) is 5. The van der Waals surface area contributed by atoms with Gasteiger partial charge >= 0.3 is 22.5 Å². The first-order valence-corrected chi connectivity index (χ1v) is 16.4. The number of carbonyl (C=O) groups excluding carboxylic acids is 3.